The largest absolute Gasteiger partial charge is 0.481 e. The standard InChI is InChI=1S/C27H57N.C17H34O2/c1-4-6-8-10-12-14-15-16-17-18-19-21-23-25-27-28(3)26-24-22-20-13-11-9-7-5-2;1-2-3-4-5-6-7-8-9-10-11-12-13-14-15-16-17(18)19/h4-27H2,1-3H3;2-16H2,1H3,(H,18,19). The number of carbonyl (C=O) groups is 1. The lowest BCUT2D eigenvalue weighted by molar-refractivity contribution is -0.137. The minimum absolute atomic E-state index is 0.345. The second-order valence-corrected chi connectivity index (χ2v) is 15.1. The van der Waals surface area contributed by atoms with E-state index < -0.39 is 5.97 Å². The summed E-state index contributed by atoms with van der Waals surface area (Å²) in [4.78, 5) is 12.9. The van der Waals surface area contributed by atoms with Gasteiger partial charge in [0.05, 0.1) is 0 Å². The molecule has 0 saturated heterocycles. The molecule has 0 aromatic rings. The van der Waals surface area contributed by atoms with Crippen molar-refractivity contribution in [1.29, 1.82) is 0 Å². The molecule has 0 fully saturated rings. The van der Waals surface area contributed by atoms with Gasteiger partial charge in [0.2, 0.25) is 0 Å². The minimum atomic E-state index is -0.654. The lowest BCUT2D eigenvalue weighted by atomic mass is 10.0. The molecule has 0 aliphatic rings. The van der Waals surface area contributed by atoms with Crippen molar-refractivity contribution in [3.8, 4) is 0 Å². The summed E-state index contributed by atoms with van der Waals surface area (Å²) >= 11 is 0. The highest BCUT2D eigenvalue weighted by Crippen LogP contribution is 2.15. The summed E-state index contributed by atoms with van der Waals surface area (Å²) in [7, 11) is 2.32. The topological polar surface area (TPSA) is 40.5 Å². The third-order valence-corrected chi connectivity index (χ3v) is 10.0. The zero-order valence-electron chi connectivity index (χ0n) is 33.4. The van der Waals surface area contributed by atoms with Gasteiger partial charge in [-0.25, -0.2) is 0 Å². The van der Waals surface area contributed by atoms with E-state index >= 15 is 0 Å². The highest BCUT2D eigenvalue weighted by atomic mass is 16.4. The molecule has 0 bridgehead atoms. The number of hydrogen-bond acceptors (Lipinski definition) is 2. The number of rotatable bonds is 39. The number of carboxylic acids is 1. The van der Waals surface area contributed by atoms with E-state index in [-0.39, 0.29) is 0 Å². The van der Waals surface area contributed by atoms with Crippen molar-refractivity contribution >= 4 is 5.97 Å². The Morgan fingerprint density at radius 1 is 0.340 bits per heavy atom. The molecule has 47 heavy (non-hydrogen) atoms. The van der Waals surface area contributed by atoms with Crippen molar-refractivity contribution in [3.05, 3.63) is 0 Å². The Kier molecular flexibility index (Phi) is 46.9. The Morgan fingerprint density at radius 3 is 0.745 bits per heavy atom. The first-order chi connectivity index (χ1) is 23.1. The first kappa shape index (κ1) is 48.5. The minimum Gasteiger partial charge on any atom is -0.481 e. The van der Waals surface area contributed by atoms with Crippen LogP contribution in [0.3, 0.4) is 0 Å². The van der Waals surface area contributed by atoms with Crippen LogP contribution in [0.4, 0.5) is 0 Å². The lowest BCUT2D eigenvalue weighted by Crippen LogP contribution is -2.20. The first-order valence-corrected chi connectivity index (χ1v) is 22.0. The molecular weight excluding hydrogens is 574 g/mol. The van der Waals surface area contributed by atoms with Crippen LogP contribution in [0.2, 0.25) is 0 Å². The van der Waals surface area contributed by atoms with Gasteiger partial charge in [0.25, 0.3) is 0 Å². The molecule has 0 unspecified atom stereocenters. The molecule has 3 nitrogen and oxygen atoms in total. The van der Waals surface area contributed by atoms with E-state index in [1.807, 2.05) is 0 Å². The molecule has 0 radical (unpaired) electrons. The number of unbranched alkanes of at least 4 members (excludes halogenated alkanes) is 33. The molecule has 0 spiro atoms. The maximum atomic E-state index is 10.3. The highest BCUT2D eigenvalue weighted by Gasteiger charge is 2.00. The van der Waals surface area contributed by atoms with Gasteiger partial charge in [-0.15, -0.1) is 0 Å². The fraction of sp³-hybridized carbons (Fsp3) is 0.977. The second-order valence-electron chi connectivity index (χ2n) is 15.1. The van der Waals surface area contributed by atoms with Crippen molar-refractivity contribution in [1.82, 2.24) is 4.90 Å². The first-order valence-electron chi connectivity index (χ1n) is 22.0. The molecule has 284 valence electrons. The molecule has 1 N–H and O–H groups in total. The molecule has 0 aliphatic carbocycles. The molecular formula is C44H91NO2. The van der Waals surface area contributed by atoms with Gasteiger partial charge >= 0.3 is 5.97 Å². The van der Waals surface area contributed by atoms with Crippen molar-refractivity contribution in [2.45, 2.75) is 258 Å². The van der Waals surface area contributed by atoms with E-state index in [0.29, 0.717) is 6.42 Å². The van der Waals surface area contributed by atoms with E-state index in [1.165, 1.54) is 231 Å². The molecule has 3 heteroatoms. The third-order valence-electron chi connectivity index (χ3n) is 10.0. The predicted molar refractivity (Wildman–Crippen MR) is 213 cm³/mol. The van der Waals surface area contributed by atoms with Gasteiger partial charge in [-0.2, -0.15) is 0 Å². The summed E-state index contributed by atoms with van der Waals surface area (Å²) in [6.45, 7) is 9.49. The van der Waals surface area contributed by atoms with Crippen LogP contribution in [0.1, 0.15) is 258 Å². The smallest absolute Gasteiger partial charge is 0.303 e. The van der Waals surface area contributed by atoms with Crippen LogP contribution < -0.4 is 0 Å². The van der Waals surface area contributed by atoms with Crippen LogP contribution in [-0.4, -0.2) is 36.1 Å². The predicted octanol–water partition coefficient (Wildman–Crippen LogP) is 15.5. The van der Waals surface area contributed by atoms with Gasteiger partial charge in [-0.05, 0) is 39.4 Å². The van der Waals surface area contributed by atoms with E-state index in [9.17, 15) is 4.79 Å². The average molecular weight is 666 g/mol. The second kappa shape index (κ2) is 45.4. The maximum absolute atomic E-state index is 10.3. The molecule has 0 rings (SSSR count). The zero-order valence-corrected chi connectivity index (χ0v) is 33.4. The van der Waals surface area contributed by atoms with Gasteiger partial charge in [-0.1, -0.05) is 233 Å². The summed E-state index contributed by atoms with van der Waals surface area (Å²) in [5, 5.41) is 8.50. The molecule has 0 aliphatic heterocycles. The normalized spacial score (nSPS) is 11.3. The summed E-state index contributed by atoms with van der Waals surface area (Å²) in [5.41, 5.74) is 0. The Morgan fingerprint density at radius 2 is 0.532 bits per heavy atom. The number of nitrogens with zero attached hydrogens (tertiary/aromatic N) is 1. The average Bonchev–Trinajstić information content (AvgIpc) is 3.06. The number of hydrogen-bond donors (Lipinski definition) is 1. The Balaban J connectivity index is 0. The SMILES string of the molecule is CCCCCCCCCCCCCCCCC(=O)O.CCCCCCCCCCCCCCCCN(C)CCCCCCCCCC. The fourth-order valence-corrected chi connectivity index (χ4v) is 6.67. The van der Waals surface area contributed by atoms with Crippen molar-refractivity contribution < 1.29 is 9.90 Å². The zero-order chi connectivity index (χ0) is 34.7. The van der Waals surface area contributed by atoms with Crippen LogP contribution >= 0.6 is 0 Å². The van der Waals surface area contributed by atoms with Crippen molar-refractivity contribution in [2.24, 2.45) is 0 Å². The Bertz CT molecular complexity index is 551. The van der Waals surface area contributed by atoms with Gasteiger partial charge in [0.15, 0.2) is 0 Å². The Labute approximate surface area is 298 Å². The number of carboxylic acid groups (broad SMARTS) is 1. The quantitative estimate of drug-likeness (QED) is 0.0664. The van der Waals surface area contributed by atoms with Gasteiger partial charge in [0.1, 0.15) is 0 Å². The van der Waals surface area contributed by atoms with Crippen molar-refractivity contribution in [3.63, 3.8) is 0 Å². The lowest BCUT2D eigenvalue weighted by Gasteiger charge is -2.16. The molecule has 0 heterocycles. The van der Waals surface area contributed by atoms with E-state index in [1.54, 1.807) is 0 Å². The third kappa shape index (κ3) is 49.9. The van der Waals surface area contributed by atoms with Crippen LogP contribution in [0.5, 0.6) is 0 Å². The van der Waals surface area contributed by atoms with Crippen LogP contribution in [0.15, 0.2) is 0 Å². The summed E-state index contributed by atoms with van der Waals surface area (Å²) in [6.07, 6.45) is 50.6. The molecule has 0 saturated carbocycles. The molecule has 0 aromatic heterocycles. The van der Waals surface area contributed by atoms with E-state index in [2.05, 4.69) is 32.7 Å². The van der Waals surface area contributed by atoms with Gasteiger partial charge < -0.3 is 10.0 Å². The van der Waals surface area contributed by atoms with Crippen LogP contribution in [0.25, 0.3) is 0 Å². The summed E-state index contributed by atoms with van der Waals surface area (Å²) < 4.78 is 0. The summed E-state index contributed by atoms with van der Waals surface area (Å²) in [6, 6.07) is 0. The van der Waals surface area contributed by atoms with Gasteiger partial charge in [-0.3, -0.25) is 4.79 Å². The fourth-order valence-electron chi connectivity index (χ4n) is 6.67. The van der Waals surface area contributed by atoms with E-state index in [4.69, 9.17) is 5.11 Å². The van der Waals surface area contributed by atoms with E-state index in [0.717, 1.165) is 12.8 Å². The molecule has 0 amide bonds. The highest BCUT2D eigenvalue weighted by molar-refractivity contribution is 5.66. The summed E-state index contributed by atoms with van der Waals surface area (Å²) in [5.74, 6) is -0.654. The van der Waals surface area contributed by atoms with Gasteiger partial charge in [0, 0.05) is 6.42 Å². The van der Waals surface area contributed by atoms with Crippen LogP contribution in [0, 0.1) is 0 Å². The Hall–Kier alpha value is -0.570. The monoisotopic (exact) mass is 666 g/mol. The van der Waals surface area contributed by atoms with Crippen molar-refractivity contribution in [2.75, 3.05) is 20.1 Å². The molecule has 0 atom stereocenters. The molecule has 0 aromatic carbocycles. The van der Waals surface area contributed by atoms with Crippen LogP contribution in [-0.2, 0) is 4.79 Å². The number of aliphatic carboxylic acids is 1. The maximum Gasteiger partial charge on any atom is 0.303 e.